The van der Waals surface area contributed by atoms with Crippen LogP contribution in [0.3, 0.4) is 0 Å². The summed E-state index contributed by atoms with van der Waals surface area (Å²) in [5.74, 6) is -0.320. The minimum absolute atomic E-state index is 0.0518. The van der Waals surface area contributed by atoms with Gasteiger partial charge in [0.2, 0.25) is 0 Å². The Labute approximate surface area is 83.7 Å². The van der Waals surface area contributed by atoms with E-state index in [1.165, 1.54) is 7.11 Å². The fourth-order valence-electron chi connectivity index (χ4n) is 1.05. The molecule has 0 saturated heterocycles. The molecule has 5 N–H and O–H groups in total. The van der Waals surface area contributed by atoms with E-state index in [0.29, 0.717) is 13.0 Å². The Hall–Kier alpha value is -1.30. The summed E-state index contributed by atoms with van der Waals surface area (Å²) in [4.78, 5) is 11.1. The van der Waals surface area contributed by atoms with Crippen LogP contribution in [0.4, 0.5) is 0 Å². The van der Waals surface area contributed by atoms with Crippen LogP contribution in [0.1, 0.15) is 12.8 Å². The van der Waals surface area contributed by atoms with Crippen LogP contribution in [0, 0.1) is 5.41 Å². The molecule has 0 heterocycles. The Balaban J connectivity index is 3.63. The third-order valence-electron chi connectivity index (χ3n) is 1.82. The minimum Gasteiger partial charge on any atom is -0.468 e. The summed E-state index contributed by atoms with van der Waals surface area (Å²) in [6.45, 7) is 0.588. The van der Waals surface area contributed by atoms with E-state index in [4.69, 9.17) is 11.1 Å². The van der Waals surface area contributed by atoms with Gasteiger partial charge in [-0.15, -0.1) is 0 Å². The zero-order valence-corrected chi connectivity index (χ0v) is 8.59. The lowest BCUT2D eigenvalue weighted by Gasteiger charge is -2.13. The summed E-state index contributed by atoms with van der Waals surface area (Å²) in [5.41, 5.74) is 5.09. The Kier molecular flexibility index (Phi) is 6.47. The summed E-state index contributed by atoms with van der Waals surface area (Å²) < 4.78 is 4.59. The topological polar surface area (TPSA) is 100 Å². The molecule has 0 spiro atoms. The molecule has 0 aromatic carbocycles. The molecular formula is C8H18N4O2. The van der Waals surface area contributed by atoms with Gasteiger partial charge in [-0.25, -0.2) is 0 Å². The average molecular weight is 202 g/mol. The molecule has 0 aromatic heterocycles. The first-order chi connectivity index (χ1) is 6.61. The van der Waals surface area contributed by atoms with Crippen molar-refractivity contribution in [2.24, 2.45) is 5.73 Å². The molecule has 6 nitrogen and oxygen atoms in total. The number of likely N-dealkylation sites (N-methyl/N-ethyl adjacent to an activating group) is 1. The maximum atomic E-state index is 11.1. The fraction of sp³-hybridized carbons (Fsp3) is 0.750. The summed E-state index contributed by atoms with van der Waals surface area (Å²) in [6, 6.07) is -0.284. The number of carbonyl (C=O) groups is 1. The number of rotatable bonds is 6. The van der Waals surface area contributed by atoms with Crippen molar-refractivity contribution in [1.82, 2.24) is 10.6 Å². The van der Waals surface area contributed by atoms with Crippen LogP contribution < -0.4 is 16.4 Å². The highest BCUT2D eigenvalue weighted by Crippen LogP contribution is 1.97. The molecule has 0 bridgehead atoms. The van der Waals surface area contributed by atoms with Gasteiger partial charge in [0, 0.05) is 6.54 Å². The van der Waals surface area contributed by atoms with Crippen LogP contribution in [-0.4, -0.2) is 38.7 Å². The summed E-state index contributed by atoms with van der Waals surface area (Å²) in [6.07, 6.45) is 1.41. The molecule has 0 rings (SSSR count). The first-order valence-corrected chi connectivity index (χ1v) is 4.44. The second-order valence-electron chi connectivity index (χ2n) is 2.85. The van der Waals surface area contributed by atoms with Crippen molar-refractivity contribution < 1.29 is 9.53 Å². The lowest BCUT2D eigenvalue weighted by Crippen LogP contribution is -2.36. The van der Waals surface area contributed by atoms with E-state index in [1.807, 2.05) is 0 Å². The van der Waals surface area contributed by atoms with Crippen LogP contribution in [-0.2, 0) is 9.53 Å². The van der Waals surface area contributed by atoms with Gasteiger partial charge in [0.15, 0.2) is 5.96 Å². The lowest BCUT2D eigenvalue weighted by molar-refractivity contribution is -0.143. The molecule has 0 amide bonds. The summed E-state index contributed by atoms with van der Waals surface area (Å²) in [5, 5.41) is 12.4. The molecule has 6 heteroatoms. The number of nitrogens with one attached hydrogen (secondary N) is 3. The fourth-order valence-corrected chi connectivity index (χ4v) is 1.05. The van der Waals surface area contributed by atoms with Crippen LogP contribution in [0.2, 0.25) is 0 Å². The van der Waals surface area contributed by atoms with Gasteiger partial charge in [-0.05, 0) is 19.9 Å². The van der Waals surface area contributed by atoms with Gasteiger partial charge in [-0.2, -0.15) is 0 Å². The Morgan fingerprint density at radius 2 is 2.29 bits per heavy atom. The summed E-state index contributed by atoms with van der Waals surface area (Å²) >= 11 is 0. The number of hydrogen-bond donors (Lipinski definition) is 4. The lowest BCUT2D eigenvalue weighted by atomic mass is 10.1. The number of ether oxygens (including phenoxy) is 1. The van der Waals surface area contributed by atoms with Crippen molar-refractivity contribution in [1.29, 1.82) is 5.41 Å². The first kappa shape index (κ1) is 12.7. The van der Waals surface area contributed by atoms with Crippen molar-refractivity contribution in [3.05, 3.63) is 0 Å². The van der Waals surface area contributed by atoms with Crippen molar-refractivity contribution in [3.63, 3.8) is 0 Å². The Bertz CT molecular complexity index is 196. The first-order valence-electron chi connectivity index (χ1n) is 4.44. The van der Waals surface area contributed by atoms with Crippen molar-refractivity contribution in [2.45, 2.75) is 18.9 Å². The summed E-state index contributed by atoms with van der Waals surface area (Å²) in [7, 11) is 3.07. The van der Waals surface area contributed by atoms with E-state index in [-0.39, 0.29) is 18.0 Å². The highest BCUT2D eigenvalue weighted by Gasteiger charge is 2.15. The van der Waals surface area contributed by atoms with E-state index < -0.39 is 0 Å². The largest absolute Gasteiger partial charge is 0.468 e. The molecule has 82 valence electrons. The highest BCUT2D eigenvalue weighted by atomic mass is 16.5. The van der Waals surface area contributed by atoms with Crippen LogP contribution in [0.5, 0.6) is 0 Å². The van der Waals surface area contributed by atoms with Crippen molar-refractivity contribution in [3.8, 4) is 0 Å². The van der Waals surface area contributed by atoms with Crippen molar-refractivity contribution >= 4 is 11.9 Å². The molecule has 1 unspecified atom stereocenters. The van der Waals surface area contributed by atoms with E-state index >= 15 is 0 Å². The second-order valence-corrected chi connectivity index (χ2v) is 2.85. The van der Waals surface area contributed by atoms with Crippen LogP contribution in [0.15, 0.2) is 0 Å². The molecule has 14 heavy (non-hydrogen) atoms. The third kappa shape index (κ3) is 5.36. The monoisotopic (exact) mass is 202 g/mol. The van der Waals surface area contributed by atoms with Crippen molar-refractivity contribution in [2.75, 3.05) is 20.7 Å². The standard InChI is InChI=1S/C8H18N4O2/c1-11-6(7(13)14-2)4-3-5-12-8(9)10/h6,11H,3-5H2,1-2H3,(H4,9,10,12). The van der Waals surface area contributed by atoms with Gasteiger partial charge in [-0.1, -0.05) is 0 Å². The van der Waals surface area contributed by atoms with Crippen LogP contribution >= 0.6 is 0 Å². The van der Waals surface area contributed by atoms with Gasteiger partial charge in [0.25, 0.3) is 0 Å². The number of methoxy groups -OCH3 is 1. The normalized spacial score (nSPS) is 11.9. The van der Waals surface area contributed by atoms with E-state index in [1.54, 1.807) is 7.05 Å². The van der Waals surface area contributed by atoms with Gasteiger partial charge < -0.3 is 21.1 Å². The Morgan fingerprint density at radius 3 is 2.71 bits per heavy atom. The number of carbonyl (C=O) groups excluding carboxylic acids is 1. The SMILES string of the molecule is CNC(CCCNC(=N)N)C(=O)OC. The molecular weight excluding hydrogens is 184 g/mol. The molecule has 0 aliphatic heterocycles. The van der Waals surface area contributed by atoms with Gasteiger partial charge in [-0.3, -0.25) is 10.2 Å². The number of nitrogens with two attached hydrogens (primary N) is 1. The minimum atomic E-state index is -0.284. The predicted octanol–water partition coefficient (Wildman–Crippen LogP) is -0.989. The number of hydrogen-bond acceptors (Lipinski definition) is 4. The average Bonchev–Trinajstić information content (AvgIpc) is 2.16. The zero-order valence-electron chi connectivity index (χ0n) is 8.59. The molecule has 0 fully saturated rings. The second kappa shape index (κ2) is 7.14. The smallest absolute Gasteiger partial charge is 0.322 e. The van der Waals surface area contributed by atoms with E-state index in [2.05, 4.69) is 15.4 Å². The molecule has 0 aromatic rings. The maximum absolute atomic E-state index is 11.1. The van der Waals surface area contributed by atoms with E-state index in [0.717, 1.165) is 6.42 Å². The van der Waals surface area contributed by atoms with Crippen LogP contribution in [0.25, 0.3) is 0 Å². The molecule has 0 radical (unpaired) electrons. The van der Waals surface area contributed by atoms with Gasteiger partial charge >= 0.3 is 5.97 Å². The molecule has 0 aliphatic carbocycles. The van der Waals surface area contributed by atoms with Gasteiger partial charge in [0.1, 0.15) is 6.04 Å². The quantitative estimate of drug-likeness (QED) is 0.192. The number of guanidine groups is 1. The van der Waals surface area contributed by atoms with E-state index in [9.17, 15) is 4.79 Å². The molecule has 1 atom stereocenters. The zero-order chi connectivity index (χ0) is 11.0. The van der Waals surface area contributed by atoms with Gasteiger partial charge in [0.05, 0.1) is 7.11 Å². The molecule has 0 saturated carbocycles. The predicted molar refractivity (Wildman–Crippen MR) is 54.0 cm³/mol. The highest BCUT2D eigenvalue weighted by molar-refractivity contribution is 5.75. The maximum Gasteiger partial charge on any atom is 0.322 e. The number of esters is 1. The Morgan fingerprint density at radius 1 is 1.64 bits per heavy atom. The molecule has 0 aliphatic rings. The third-order valence-corrected chi connectivity index (χ3v) is 1.82.